The summed E-state index contributed by atoms with van der Waals surface area (Å²) in [4.78, 5) is 16.5. The maximum atomic E-state index is 12.2. The topological polar surface area (TPSA) is 80.9 Å². The first-order chi connectivity index (χ1) is 12.3. The monoisotopic (exact) mass is 368 g/mol. The molecule has 0 radical (unpaired) electrons. The Morgan fingerprint density at radius 2 is 2.00 bits per heavy atom. The number of rotatable bonds is 5. The van der Waals surface area contributed by atoms with E-state index in [0.29, 0.717) is 16.7 Å². The van der Waals surface area contributed by atoms with Crippen molar-refractivity contribution in [2.24, 2.45) is 0 Å². The normalized spacial score (nSPS) is 10.7. The number of nitrogens with one attached hydrogen (secondary N) is 1. The summed E-state index contributed by atoms with van der Waals surface area (Å²) >= 11 is 2.93. The number of anilines is 1. The van der Waals surface area contributed by atoms with Crippen LogP contribution >= 0.6 is 22.7 Å². The van der Waals surface area contributed by atoms with Crippen LogP contribution in [0.4, 0.5) is 5.13 Å². The van der Waals surface area contributed by atoms with E-state index in [9.17, 15) is 4.79 Å². The van der Waals surface area contributed by atoms with E-state index in [1.165, 1.54) is 17.6 Å². The van der Waals surface area contributed by atoms with Crippen molar-refractivity contribution in [2.45, 2.75) is 6.42 Å². The molecule has 1 N–H and O–H groups in total. The van der Waals surface area contributed by atoms with Gasteiger partial charge in [-0.3, -0.25) is 4.79 Å². The van der Waals surface area contributed by atoms with Crippen molar-refractivity contribution in [3.8, 4) is 22.0 Å². The Morgan fingerprint density at radius 1 is 1.12 bits per heavy atom. The molecule has 4 aromatic rings. The van der Waals surface area contributed by atoms with Crippen LogP contribution in [0.1, 0.15) is 5.69 Å². The second-order valence-electron chi connectivity index (χ2n) is 5.16. The predicted molar refractivity (Wildman–Crippen MR) is 97.5 cm³/mol. The lowest BCUT2D eigenvalue weighted by Gasteiger charge is -1.97. The van der Waals surface area contributed by atoms with Gasteiger partial charge in [0, 0.05) is 16.5 Å². The zero-order valence-corrected chi connectivity index (χ0v) is 14.5. The summed E-state index contributed by atoms with van der Waals surface area (Å²) < 4.78 is 5.44. The molecule has 8 heteroatoms. The molecule has 0 aliphatic rings. The minimum atomic E-state index is -0.207. The number of benzene rings is 1. The number of thiophene rings is 1. The van der Waals surface area contributed by atoms with Gasteiger partial charge >= 0.3 is 0 Å². The number of oxazole rings is 1. The second kappa shape index (κ2) is 6.96. The maximum absolute atomic E-state index is 12.2. The van der Waals surface area contributed by atoms with Crippen molar-refractivity contribution >= 4 is 33.7 Å². The molecule has 0 bridgehead atoms. The molecule has 1 aromatic carbocycles. The molecule has 124 valence electrons. The standard InChI is InChI=1S/C17H12N4O2S2/c22-14(19-17-21-20-16(25-17)12-6-7-24-10-12)8-13-9-23-15(18-13)11-4-2-1-3-5-11/h1-7,9-10H,8H2,(H,19,21,22). The Bertz CT molecular complexity index is 977. The fourth-order valence-corrected chi connectivity index (χ4v) is 3.68. The molecule has 0 saturated carbocycles. The molecular formula is C17H12N4O2S2. The van der Waals surface area contributed by atoms with Crippen molar-refractivity contribution in [3.63, 3.8) is 0 Å². The third-order valence-electron chi connectivity index (χ3n) is 3.35. The lowest BCUT2D eigenvalue weighted by Crippen LogP contribution is -2.14. The Morgan fingerprint density at radius 3 is 2.80 bits per heavy atom. The number of carbonyl (C=O) groups is 1. The molecule has 0 spiro atoms. The van der Waals surface area contributed by atoms with Crippen molar-refractivity contribution in [1.29, 1.82) is 0 Å². The van der Waals surface area contributed by atoms with E-state index in [0.717, 1.165) is 16.1 Å². The minimum absolute atomic E-state index is 0.115. The summed E-state index contributed by atoms with van der Waals surface area (Å²) in [5.41, 5.74) is 2.45. The highest BCUT2D eigenvalue weighted by Crippen LogP contribution is 2.28. The number of nitrogens with zero attached hydrogens (tertiary/aromatic N) is 3. The predicted octanol–water partition coefficient (Wildman–Crippen LogP) is 4.10. The Kier molecular flexibility index (Phi) is 4.36. The highest BCUT2D eigenvalue weighted by molar-refractivity contribution is 7.19. The zero-order chi connectivity index (χ0) is 17.1. The van der Waals surface area contributed by atoms with Crippen LogP contribution in [0.5, 0.6) is 0 Å². The van der Waals surface area contributed by atoms with Crippen molar-refractivity contribution in [1.82, 2.24) is 15.2 Å². The molecule has 6 nitrogen and oxygen atoms in total. The van der Waals surface area contributed by atoms with Gasteiger partial charge in [-0.1, -0.05) is 29.5 Å². The average Bonchev–Trinajstić information content (AvgIpc) is 3.37. The molecule has 0 atom stereocenters. The highest BCUT2D eigenvalue weighted by Gasteiger charge is 2.13. The van der Waals surface area contributed by atoms with E-state index in [4.69, 9.17) is 4.42 Å². The summed E-state index contributed by atoms with van der Waals surface area (Å²) in [5.74, 6) is 0.292. The number of hydrogen-bond acceptors (Lipinski definition) is 7. The molecule has 3 aromatic heterocycles. The lowest BCUT2D eigenvalue weighted by atomic mass is 10.2. The molecule has 25 heavy (non-hydrogen) atoms. The largest absolute Gasteiger partial charge is 0.444 e. The number of amides is 1. The molecular weight excluding hydrogens is 356 g/mol. The first-order valence-electron chi connectivity index (χ1n) is 7.44. The smallest absolute Gasteiger partial charge is 0.232 e. The first-order valence-corrected chi connectivity index (χ1v) is 9.19. The summed E-state index contributed by atoms with van der Waals surface area (Å²) in [7, 11) is 0. The van der Waals surface area contributed by atoms with Gasteiger partial charge in [0.05, 0.1) is 12.1 Å². The summed E-state index contributed by atoms with van der Waals surface area (Å²) in [5, 5.41) is 16.1. The number of aromatic nitrogens is 3. The molecule has 0 fully saturated rings. The second-order valence-corrected chi connectivity index (χ2v) is 6.92. The van der Waals surface area contributed by atoms with Gasteiger partial charge in [0.15, 0.2) is 0 Å². The molecule has 0 aliphatic carbocycles. The van der Waals surface area contributed by atoms with Crippen LogP contribution in [0.2, 0.25) is 0 Å². The third-order valence-corrected chi connectivity index (χ3v) is 4.92. The van der Waals surface area contributed by atoms with E-state index in [1.54, 1.807) is 11.3 Å². The Labute approximate surface area is 151 Å². The SMILES string of the molecule is O=C(Cc1coc(-c2ccccc2)n1)Nc1nnc(-c2ccsc2)s1. The van der Waals surface area contributed by atoms with Gasteiger partial charge in [0.1, 0.15) is 11.3 Å². The van der Waals surface area contributed by atoms with Crippen LogP contribution in [-0.2, 0) is 11.2 Å². The molecule has 3 heterocycles. The van der Waals surface area contributed by atoms with Crippen LogP contribution < -0.4 is 5.32 Å². The molecule has 0 saturated heterocycles. The minimum Gasteiger partial charge on any atom is -0.444 e. The molecule has 4 rings (SSSR count). The van der Waals surface area contributed by atoms with E-state index in [2.05, 4.69) is 20.5 Å². The van der Waals surface area contributed by atoms with E-state index in [1.807, 2.05) is 47.2 Å². The lowest BCUT2D eigenvalue weighted by molar-refractivity contribution is -0.115. The molecule has 1 amide bonds. The fourth-order valence-electron chi connectivity index (χ4n) is 2.21. The van der Waals surface area contributed by atoms with E-state index < -0.39 is 0 Å². The average molecular weight is 368 g/mol. The summed E-state index contributed by atoms with van der Waals surface area (Å²) in [6.07, 6.45) is 1.61. The van der Waals surface area contributed by atoms with Crippen LogP contribution in [-0.4, -0.2) is 21.1 Å². The van der Waals surface area contributed by atoms with Gasteiger partial charge in [0.2, 0.25) is 16.9 Å². The van der Waals surface area contributed by atoms with Crippen molar-refractivity contribution in [3.05, 3.63) is 59.1 Å². The van der Waals surface area contributed by atoms with Crippen molar-refractivity contribution in [2.75, 3.05) is 5.32 Å². The quantitative estimate of drug-likeness (QED) is 0.573. The number of hydrogen-bond donors (Lipinski definition) is 1. The Hall–Kier alpha value is -2.84. The van der Waals surface area contributed by atoms with Gasteiger partial charge in [0.25, 0.3) is 0 Å². The van der Waals surface area contributed by atoms with Crippen LogP contribution in [0.3, 0.4) is 0 Å². The molecule has 0 unspecified atom stereocenters. The first kappa shape index (κ1) is 15.7. The van der Waals surface area contributed by atoms with E-state index in [-0.39, 0.29) is 12.3 Å². The van der Waals surface area contributed by atoms with E-state index >= 15 is 0 Å². The van der Waals surface area contributed by atoms with Crippen LogP contribution in [0.25, 0.3) is 22.0 Å². The van der Waals surface area contributed by atoms with Gasteiger partial charge in [-0.15, -0.1) is 10.2 Å². The van der Waals surface area contributed by atoms with Crippen LogP contribution in [0.15, 0.2) is 57.8 Å². The molecule has 0 aliphatic heterocycles. The summed E-state index contributed by atoms with van der Waals surface area (Å²) in [6.45, 7) is 0. The third kappa shape index (κ3) is 3.65. The maximum Gasteiger partial charge on any atom is 0.232 e. The van der Waals surface area contributed by atoms with Gasteiger partial charge < -0.3 is 9.73 Å². The zero-order valence-electron chi connectivity index (χ0n) is 12.9. The van der Waals surface area contributed by atoms with Gasteiger partial charge in [-0.2, -0.15) is 11.3 Å². The highest BCUT2D eigenvalue weighted by atomic mass is 32.1. The summed E-state index contributed by atoms with van der Waals surface area (Å²) in [6, 6.07) is 11.5. The van der Waals surface area contributed by atoms with Gasteiger partial charge in [-0.05, 0) is 23.6 Å². The Balaban J connectivity index is 1.40. The van der Waals surface area contributed by atoms with Gasteiger partial charge in [-0.25, -0.2) is 4.98 Å². The van der Waals surface area contributed by atoms with Crippen LogP contribution in [0, 0.1) is 0 Å². The number of carbonyl (C=O) groups excluding carboxylic acids is 1. The van der Waals surface area contributed by atoms with Crippen molar-refractivity contribution < 1.29 is 9.21 Å². The fraction of sp³-hybridized carbons (Fsp3) is 0.0588.